The van der Waals surface area contributed by atoms with Gasteiger partial charge in [-0.1, -0.05) is 21.5 Å². The molecule has 1 aromatic heterocycles. The molecule has 108 valence electrons. The zero-order chi connectivity index (χ0) is 15.2. The number of nitrogens with two attached hydrogens (primary N) is 1. The average molecular weight is 308 g/mol. The van der Waals surface area contributed by atoms with E-state index >= 15 is 0 Å². The summed E-state index contributed by atoms with van der Waals surface area (Å²) in [5.74, 6) is 0.724. The number of methoxy groups -OCH3 is 1. The van der Waals surface area contributed by atoms with Gasteiger partial charge in [0.25, 0.3) is 5.95 Å². The molecule has 1 aromatic carbocycles. The van der Waals surface area contributed by atoms with Crippen LogP contribution >= 0.6 is 11.6 Å². The minimum Gasteiger partial charge on any atom is -0.493 e. The van der Waals surface area contributed by atoms with E-state index in [9.17, 15) is 0 Å². The number of benzene rings is 1. The highest BCUT2D eigenvalue weighted by molar-refractivity contribution is 6.32. The summed E-state index contributed by atoms with van der Waals surface area (Å²) in [6.45, 7) is -0.134. The Morgan fingerprint density at radius 3 is 3.00 bits per heavy atom. The van der Waals surface area contributed by atoms with Crippen LogP contribution in [-0.2, 0) is 0 Å². The van der Waals surface area contributed by atoms with Gasteiger partial charge in [0.1, 0.15) is 6.07 Å². The van der Waals surface area contributed by atoms with Gasteiger partial charge in [-0.3, -0.25) is 0 Å². The monoisotopic (exact) mass is 307 g/mol. The number of anilines is 1. The molecule has 0 saturated heterocycles. The normalized spacial score (nSPS) is 10.5. The minimum atomic E-state index is -0.134. The van der Waals surface area contributed by atoms with Gasteiger partial charge < -0.3 is 15.2 Å². The van der Waals surface area contributed by atoms with E-state index in [1.54, 1.807) is 12.1 Å². The summed E-state index contributed by atoms with van der Waals surface area (Å²) in [4.78, 5) is 1.06. The first-order valence-electron chi connectivity index (χ1n) is 5.61. The molecule has 0 aliphatic carbocycles. The van der Waals surface area contributed by atoms with E-state index < -0.39 is 0 Å². The molecule has 0 aliphatic heterocycles. The first-order chi connectivity index (χ1) is 10.2. The second-order valence-corrected chi connectivity index (χ2v) is 4.06. The highest BCUT2D eigenvalue weighted by atomic mass is 35.5. The third-order valence-corrected chi connectivity index (χ3v) is 2.61. The summed E-state index contributed by atoms with van der Waals surface area (Å²) in [5.41, 5.74) is 6.10. The molecular formula is C11H10ClN7O2. The van der Waals surface area contributed by atoms with E-state index in [4.69, 9.17) is 32.1 Å². The van der Waals surface area contributed by atoms with Crippen molar-refractivity contribution in [3.05, 3.63) is 22.7 Å². The van der Waals surface area contributed by atoms with Crippen LogP contribution < -0.4 is 15.2 Å². The van der Waals surface area contributed by atoms with Crippen molar-refractivity contribution in [2.24, 2.45) is 5.10 Å². The standard InChI is InChI=1S/C11H10ClN7O2/c1-20-9-5-7(4-8(12)10(9)21-3-2-13)6-15-19-11(14)16-17-18-19/h4-6H,3H2,1H3,(H2,14,16,18)/b15-6+. The Bertz CT molecular complexity index is 707. The minimum absolute atomic E-state index is 0.0540. The molecule has 2 N–H and O–H groups in total. The maximum absolute atomic E-state index is 8.54. The number of tetrazole rings is 1. The number of nitrogens with zero attached hydrogens (tertiary/aromatic N) is 6. The zero-order valence-electron chi connectivity index (χ0n) is 10.9. The summed E-state index contributed by atoms with van der Waals surface area (Å²) in [5, 5.41) is 23.2. The fraction of sp³-hybridized carbons (Fsp3) is 0.182. The molecule has 0 amide bonds. The maximum Gasteiger partial charge on any atom is 0.263 e. The van der Waals surface area contributed by atoms with Crippen LogP contribution in [0.5, 0.6) is 11.5 Å². The van der Waals surface area contributed by atoms with Crippen LogP contribution in [-0.4, -0.2) is 40.2 Å². The summed E-state index contributed by atoms with van der Waals surface area (Å²) >= 11 is 6.09. The van der Waals surface area contributed by atoms with Crippen molar-refractivity contribution in [3.63, 3.8) is 0 Å². The number of rotatable bonds is 5. The Kier molecular flexibility index (Phi) is 4.53. The molecule has 0 unspecified atom stereocenters. The van der Waals surface area contributed by atoms with Gasteiger partial charge in [-0.05, 0) is 22.6 Å². The Labute approximate surface area is 124 Å². The Morgan fingerprint density at radius 1 is 1.57 bits per heavy atom. The molecule has 2 rings (SSSR count). The largest absolute Gasteiger partial charge is 0.493 e. The predicted molar refractivity (Wildman–Crippen MR) is 74.3 cm³/mol. The molecule has 0 bridgehead atoms. The van der Waals surface area contributed by atoms with E-state index in [0.717, 1.165) is 4.79 Å². The smallest absolute Gasteiger partial charge is 0.263 e. The molecule has 21 heavy (non-hydrogen) atoms. The van der Waals surface area contributed by atoms with Crippen LogP contribution in [0.25, 0.3) is 0 Å². The lowest BCUT2D eigenvalue weighted by Gasteiger charge is -2.10. The van der Waals surface area contributed by atoms with Crippen LogP contribution in [0.15, 0.2) is 17.2 Å². The topological polar surface area (TPSA) is 124 Å². The molecule has 0 aliphatic rings. The molecule has 0 fully saturated rings. The molecule has 0 spiro atoms. The highest BCUT2D eigenvalue weighted by Gasteiger charge is 2.11. The van der Waals surface area contributed by atoms with E-state index in [2.05, 4.69) is 20.6 Å². The predicted octanol–water partition coefficient (Wildman–Crippen LogP) is 0.702. The third-order valence-electron chi connectivity index (χ3n) is 2.33. The Hall–Kier alpha value is -2.86. The summed E-state index contributed by atoms with van der Waals surface area (Å²) in [7, 11) is 1.46. The third kappa shape index (κ3) is 3.37. The summed E-state index contributed by atoms with van der Waals surface area (Å²) < 4.78 is 10.4. The molecule has 0 saturated carbocycles. The van der Waals surface area contributed by atoms with Crippen LogP contribution in [0, 0.1) is 11.3 Å². The van der Waals surface area contributed by atoms with Gasteiger partial charge in [0.2, 0.25) is 0 Å². The molecule has 1 heterocycles. The van der Waals surface area contributed by atoms with Crippen LogP contribution in [0.3, 0.4) is 0 Å². The van der Waals surface area contributed by atoms with E-state index in [1.807, 2.05) is 6.07 Å². The molecule has 9 nitrogen and oxygen atoms in total. The van der Waals surface area contributed by atoms with Crippen LogP contribution in [0.4, 0.5) is 5.95 Å². The Morgan fingerprint density at radius 2 is 2.38 bits per heavy atom. The van der Waals surface area contributed by atoms with Crippen molar-refractivity contribution in [2.75, 3.05) is 19.5 Å². The van der Waals surface area contributed by atoms with Gasteiger partial charge in [0, 0.05) is 5.56 Å². The van der Waals surface area contributed by atoms with Gasteiger partial charge >= 0.3 is 0 Å². The van der Waals surface area contributed by atoms with E-state index in [-0.39, 0.29) is 17.6 Å². The lowest BCUT2D eigenvalue weighted by atomic mass is 10.2. The van der Waals surface area contributed by atoms with Crippen molar-refractivity contribution in [2.45, 2.75) is 0 Å². The number of nitriles is 1. The summed E-state index contributed by atoms with van der Waals surface area (Å²) in [6.07, 6.45) is 1.45. The number of hydrogen-bond acceptors (Lipinski definition) is 8. The Balaban J connectivity index is 2.30. The van der Waals surface area contributed by atoms with E-state index in [1.165, 1.54) is 13.3 Å². The fourth-order valence-corrected chi connectivity index (χ4v) is 1.73. The molecule has 0 atom stereocenters. The number of aromatic nitrogens is 4. The lowest BCUT2D eigenvalue weighted by Crippen LogP contribution is -2.01. The van der Waals surface area contributed by atoms with Gasteiger partial charge in [0.15, 0.2) is 18.1 Å². The molecule has 0 radical (unpaired) electrons. The van der Waals surface area contributed by atoms with Gasteiger partial charge in [-0.2, -0.15) is 10.4 Å². The average Bonchev–Trinajstić information content (AvgIpc) is 2.88. The van der Waals surface area contributed by atoms with Crippen molar-refractivity contribution in [1.29, 1.82) is 5.26 Å². The molecular weight excluding hydrogens is 298 g/mol. The first-order valence-corrected chi connectivity index (χ1v) is 5.99. The molecule has 2 aromatic rings. The fourth-order valence-electron chi connectivity index (χ4n) is 1.45. The van der Waals surface area contributed by atoms with Gasteiger partial charge in [0.05, 0.1) is 18.3 Å². The number of nitrogen functional groups attached to an aromatic ring is 1. The maximum atomic E-state index is 8.54. The number of hydrogen-bond donors (Lipinski definition) is 1. The second-order valence-electron chi connectivity index (χ2n) is 3.65. The number of halogens is 1. The van der Waals surface area contributed by atoms with Crippen molar-refractivity contribution < 1.29 is 9.47 Å². The zero-order valence-corrected chi connectivity index (χ0v) is 11.7. The van der Waals surface area contributed by atoms with Crippen molar-refractivity contribution in [3.8, 4) is 17.6 Å². The lowest BCUT2D eigenvalue weighted by molar-refractivity contribution is 0.330. The van der Waals surface area contributed by atoms with Gasteiger partial charge in [-0.15, -0.1) is 0 Å². The first kappa shape index (κ1) is 14.5. The number of ether oxygens (including phenoxy) is 2. The van der Waals surface area contributed by atoms with Crippen molar-refractivity contribution >= 4 is 23.8 Å². The summed E-state index contributed by atoms with van der Waals surface area (Å²) in [6, 6.07) is 5.10. The second kappa shape index (κ2) is 6.53. The van der Waals surface area contributed by atoms with E-state index in [0.29, 0.717) is 17.1 Å². The molecule has 10 heteroatoms. The van der Waals surface area contributed by atoms with Crippen LogP contribution in [0.1, 0.15) is 5.56 Å². The van der Waals surface area contributed by atoms with Crippen molar-refractivity contribution in [1.82, 2.24) is 20.3 Å². The SMILES string of the molecule is COc1cc(/C=N/n2nnnc2N)cc(Cl)c1OCC#N. The van der Waals surface area contributed by atoms with Crippen LogP contribution in [0.2, 0.25) is 5.02 Å². The highest BCUT2D eigenvalue weighted by Crippen LogP contribution is 2.35. The van der Waals surface area contributed by atoms with Gasteiger partial charge in [-0.25, -0.2) is 0 Å². The quantitative estimate of drug-likeness (QED) is 0.806.